The summed E-state index contributed by atoms with van der Waals surface area (Å²) in [5.41, 5.74) is -0.158. The van der Waals surface area contributed by atoms with Gasteiger partial charge in [0.05, 0.1) is 11.5 Å². The highest BCUT2D eigenvalue weighted by Gasteiger charge is 2.67. The van der Waals surface area contributed by atoms with Crippen molar-refractivity contribution in [1.82, 2.24) is 0 Å². The number of ether oxygens (including phenoxy) is 1. The van der Waals surface area contributed by atoms with E-state index in [9.17, 15) is 4.79 Å². The molecule has 0 aromatic carbocycles. The number of hydrogen-bond donors (Lipinski definition) is 0. The Labute approximate surface area is 122 Å². The summed E-state index contributed by atoms with van der Waals surface area (Å²) in [4.78, 5) is 12.8. The zero-order valence-electron chi connectivity index (χ0n) is 12.8. The summed E-state index contributed by atoms with van der Waals surface area (Å²) in [6, 6.07) is 0. The molecule has 7 atom stereocenters. The molecule has 0 heterocycles. The van der Waals surface area contributed by atoms with Crippen LogP contribution < -0.4 is 0 Å². The van der Waals surface area contributed by atoms with Gasteiger partial charge in [-0.15, -0.1) is 0 Å². The lowest BCUT2D eigenvalue weighted by molar-refractivity contribution is -0.166. The number of rotatable bonds is 3. The summed E-state index contributed by atoms with van der Waals surface area (Å²) in [5, 5.41) is 0. The average Bonchev–Trinajstić information content (AvgIpc) is 3.14. The molecule has 3 saturated carbocycles. The number of carbonyl (C=O) groups is 1. The van der Waals surface area contributed by atoms with Gasteiger partial charge in [-0.05, 0) is 75.0 Å². The Morgan fingerprint density at radius 1 is 1.25 bits per heavy atom. The minimum Gasteiger partial charge on any atom is -0.463 e. The van der Waals surface area contributed by atoms with E-state index in [2.05, 4.69) is 19.1 Å². The van der Waals surface area contributed by atoms with Gasteiger partial charge >= 0.3 is 5.97 Å². The fourth-order valence-electron chi connectivity index (χ4n) is 6.32. The second-order valence-electron chi connectivity index (χ2n) is 7.87. The summed E-state index contributed by atoms with van der Waals surface area (Å²) in [7, 11) is 0. The van der Waals surface area contributed by atoms with Gasteiger partial charge in [0.1, 0.15) is 0 Å². The molecule has 0 aromatic heterocycles. The molecule has 0 amide bonds. The summed E-state index contributed by atoms with van der Waals surface area (Å²) in [6.45, 7) is 6.13. The zero-order valence-corrected chi connectivity index (χ0v) is 12.8. The standard InChI is InChI=1S/C18H26O2/c1-4-18(17(19)20-10(2)3)9-13-8-14(18)16-12-6-5-11(7-12)15(13)16/h5-6,10-16H,4,7-9H2,1-3H3. The predicted octanol–water partition coefficient (Wildman–Crippen LogP) is 3.81. The second kappa shape index (κ2) is 4.11. The van der Waals surface area contributed by atoms with Gasteiger partial charge in [0, 0.05) is 0 Å². The molecule has 0 radical (unpaired) electrons. The number of fused-ring (bicyclic) bond motifs is 9. The quantitative estimate of drug-likeness (QED) is 0.444. The molecule has 110 valence electrons. The molecule has 2 heteroatoms. The van der Waals surface area contributed by atoms with Gasteiger partial charge in [0.25, 0.3) is 0 Å². The summed E-state index contributed by atoms with van der Waals surface area (Å²) in [5.74, 6) is 4.74. The van der Waals surface area contributed by atoms with Crippen molar-refractivity contribution in [2.75, 3.05) is 0 Å². The van der Waals surface area contributed by atoms with Crippen LogP contribution in [0.2, 0.25) is 0 Å². The Kier molecular flexibility index (Phi) is 2.66. The topological polar surface area (TPSA) is 26.3 Å². The van der Waals surface area contributed by atoms with Crippen molar-refractivity contribution in [2.24, 2.45) is 40.9 Å². The van der Waals surface area contributed by atoms with Crippen LogP contribution in [0.15, 0.2) is 12.2 Å². The van der Waals surface area contributed by atoms with Crippen molar-refractivity contribution < 1.29 is 9.53 Å². The Hall–Kier alpha value is -0.790. The van der Waals surface area contributed by atoms with Crippen LogP contribution in [0, 0.1) is 40.9 Å². The van der Waals surface area contributed by atoms with Gasteiger partial charge in [0.2, 0.25) is 0 Å². The molecule has 0 spiro atoms. The number of hydrogen-bond acceptors (Lipinski definition) is 2. The Morgan fingerprint density at radius 2 is 1.95 bits per heavy atom. The van der Waals surface area contributed by atoms with Crippen LogP contribution >= 0.6 is 0 Å². The predicted molar refractivity (Wildman–Crippen MR) is 77.9 cm³/mol. The van der Waals surface area contributed by atoms with Crippen molar-refractivity contribution in [3.63, 3.8) is 0 Å². The SMILES string of the molecule is CCC1(C(=O)OC(C)C)CC2CC1C1C3C=CC(C3)C21. The van der Waals surface area contributed by atoms with Gasteiger partial charge in [-0.25, -0.2) is 0 Å². The van der Waals surface area contributed by atoms with E-state index in [4.69, 9.17) is 4.74 Å². The van der Waals surface area contributed by atoms with Crippen LogP contribution in [0.1, 0.15) is 46.5 Å². The Balaban J connectivity index is 1.65. The van der Waals surface area contributed by atoms with E-state index < -0.39 is 0 Å². The Bertz CT molecular complexity index is 466. The summed E-state index contributed by atoms with van der Waals surface area (Å²) >= 11 is 0. The number of allylic oxidation sites excluding steroid dienone is 2. The first-order chi connectivity index (χ1) is 9.56. The van der Waals surface area contributed by atoms with Crippen LogP contribution in [-0.2, 0) is 9.53 Å². The molecule has 0 saturated heterocycles. The molecule has 0 aromatic rings. The van der Waals surface area contributed by atoms with E-state index in [0.717, 1.165) is 42.4 Å². The van der Waals surface area contributed by atoms with Crippen molar-refractivity contribution in [1.29, 1.82) is 0 Å². The first kappa shape index (κ1) is 12.9. The summed E-state index contributed by atoms with van der Waals surface area (Å²) < 4.78 is 5.65. The van der Waals surface area contributed by atoms with Crippen LogP contribution in [0.25, 0.3) is 0 Å². The highest BCUT2D eigenvalue weighted by molar-refractivity contribution is 5.78. The second-order valence-corrected chi connectivity index (χ2v) is 7.87. The van der Waals surface area contributed by atoms with Crippen molar-refractivity contribution in [3.8, 4) is 0 Å². The van der Waals surface area contributed by atoms with Crippen LogP contribution in [-0.4, -0.2) is 12.1 Å². The maximum absolute atomic E-state index is 12.8. The third-order valence-electron chi connectivity index (χ3n) is 6.87. The van der Waals surface area contributed by atoms with E-state index >= 15 is 0 Å². The first-order valence-electron chi connectivity index (χ1n) is 8.46. The molecule has 7 unspecified atom stereocenters. The van der Waals surface area contributed by atoms with E-state index in [-0.39, 0.29) is 17.5 Å². The van der Waals surface area contributed by atoms with Gasteiger partial charge in [0.15, 0.2) is 0 Å². The van der Waals surface area contributed by atoms with E-state index in [1.54, 1.807) is 0 Å². The monoisotopic (exact) mass is 274 g/mol. The first-order valence-corrected chi connectivity index (χ1v) is 8.46. The van der Waals surface area contributed by atoms with Crippen molar-refractivity contribution in [3.05, 3.63) is 12.2 Å². The Morgan fingerprint density at radius 3 is 2.60 bits per heavy atom. The molecule has 4 aliphatic rings. The lowest BCUT2D eigenvalue weighted by atomic mass is 9.61. The van der Waals surface area contributed by atoms with E-state index in [1.807, 2.05) is 13.8 Å². The fourth-order valence-corrected chi connectivity index (χ4v) is 6.32. The number of esters is 1. The van der Waals surface area contributed by atoms with Crippen molar-refractivity contribution in [2.45, 2.75) is 52.6 Å². The molecule has 4 bridgehead atoms. The normalized spacial score (nSPS) is 51.0. The lowest BCUT2D eigenvalue weighted by Gasteiger charge is -2.43. The molecule has 3 fully saturated rings. The smallest absolute Gasteiger partial charge is 0.312 e. The molecule has 2 nitrogen and oxygen atoms in total. The molecule has 20 heavy (non-hydrogen) atoms. The highest BCUT2D eigenvalue weighted by atomic mass is 16.5. The van der Waals surface area contributed by atoms with Crippen molar-refractivity contribution >= 4 is 5.97 Å². The van der Waals surface area contributed by atoms with Crippen LogP contribution in [0.5, 0.6) is 0 Å². The maximum Gasteiger partial charge on any atom is 0.312 e. The molecule has 4 aliphatic carbocycles. The molecule has 0 N–H and O–H groups in total. The zero-order chi connectivity index (χ0) is 14.1. The minimum absolute atomic E-state index is 0.0146. The van der Waals surface area contributed by atoms with E-state index in [0.29, 0.717) is 5.92 Å². The molecular weight excluding hydrogens is 248 g/mol. The minimum atomic E-state index is -0.158. The molecular formula is C18H26O2. The lowest BCUT2D eigenvalue weighted by Crippen LogP contribution is -2.45. The largest absolute Gasteiger partial charge is 0.463 e. The van der Waals surface area contributed by atoms with Crippen LogP contribution in [0.4, 0.5) is 0 Å². The van der Waals surface area contributed by atoms with Gasteiger partial charge < -0.3 is 4.74 Å². The van der Waals surface area contributed by atoms with E-state index in [1.165, 1.54) is 12.8 Å². The highest BCUT2D eigenvalue weighted by Crippen LogP contribution is 2.71. The molecule has 0 aliphatic heterocycles. The van der Waals surface area contributed by atoms with Gasteiger partial charge in [-0.3, -0.25) is 4.79 Å². The summed E-state index contributed by atoms with van der Waals surface area (Å²) in [6.07, 6.45) is 9.63. The van der Waals surface area contributed by atoms with Crippen LogP contribution in [0.3, 0.4) is 0 Å². The average molecular weight is 274 g/mol. The van der Waals surface area contributed by atoms with Gasteiger partial charge in [-0.2, -0.15) is 0 Å². The van der Waals surface area contributed by atoms with Gasteiger partial charge in [-0.1, -0.05) is 19.1 Å². The third-order valence-corrected chi connectivity index (χ3v) is 6.87. The number of carbonyl (C=O) groups excluding carboxylic acids is 1. The maximum atomic E-state index is 12.8. The third kappa shape index (κ3) is 1.43. The molecule has 4 rings (SSSR count). The fraction of sp³-hybridized carbons (Fsp3) is 0.833.